The number of aromatic amines is 1. The summed E-state index contributed by atoms with van der Waals surface area (Å²) in [5.41, 5.74) is 0.0232. The number of ether oxygens (including phenoxy) is 1. The number of hydrogen-bond acceptors (Lipinski definition) is 3. The van der Waals surface area contributed by atoms with Crippen molar-refractivity contribution in [1.29, 1.82) is 0 Å². The zero-order valence-corrected chi connectivity index (χ0v) is 13.1. The van der Waals surface area contributed by atoms with Crippen LogP contribution in [0.15, 0.2) is 48.8 Å². The summed E-state index contributed by atoms with van der Waals surface area (Å²) in [4.78, 5) is 4.09. The van der Waals surface area contributed by atoms with Crippen molar-refractivity contribution in [2.24, 2.45) is 0 Å². The number of benzene rings is 2. The fourth-order valence-corrected chi connectivity index (χ4v) is 3.25. The molecule has 4 rings (SSSR count). The van der Waals surface area contributed by atoms with Crippen LogP contribution >= 0.6 is 11.6 Å². The molecule has 1 aliphatic rings. The van der Waals surface area contributed by atoms with E-state index in [4.69, 9.17) is 16.3 Å². The topological polar surface area (TPSA) is 54.1 Å². The first-order valence-electron chi connectivity index (χ1n) is 7.32. The van der Waals surface area contributed by atoms with Gasteiger partial charge in [0.1, 0.15) is 35.5 Å². The van der Waals surface area contributed by atoms with Crippen molar-refractivity contribution in [3.05, 3.63) is 82.4 Å². The molecule has 0 aliphatic carbocycles. The summed E-state index contributed by atoms with van der Waals surface area (Å²) in [5, 5.41) is 7.09. The summed E-state index contributed by atoms with van der Waals surface area (Å²) in [7, 11) is 0. The van der Waals surface area contributed by atoms with Crippen molar-refractivity contribution >= 4 is 11.6 Å². The Kier molecular flexibility index (Phi) is 3.58. The van der Waals surface area contributed by atoms with E-state index in [1.807, 2.05) is 18.2 Å². The smallest absolute Gasteiger partial charge is 0.137 e. The van der Waals surface area contributed by atoms with Gasteiger partial charge in [-0.1, -0.05) is 35.9 Å². The van der Waals surface area contributed by atoms with Crippen LogP contribution in [0, 0.1) is 11.6 Å². The first-order valence-corrected chi connectivity index (χ1v) is 7.70. The maximum atomic E-state index is 14.4. The molecule has 2 aromatic carbocycles. The quantitative estimate of drug-likeness (QED) is 0.727. The summed E-state index contributed by atoms with van der Waals surface area (Å²) in [5.74, 6) is -0.752. The van der Waals surface area contributed by atoms with E-state index >= 15 is 0 Å². The third-order valence-electron chi connectivity index (χ3n) is 4.16. The van der Waals surface area contributed by atoms with Crippen LogP contribution in [0.2, 0.25) is 5.02 Å². The van der Waals surface area contributed by atoms with E-state index < -0.39 is 23.3 Å². The molecule has 1 aliphatic heterocycles. The van der Waals surface area contributed by atoms with Crippen LogP contribution in [0.5, 0.6) is 0 Å². The van der Waals surface area contributed by atoms with Gasteiger partial charge in [-0.25, -0.2) is 13.8 Å². The fraction of sp³-hybridized carbons (Fsp3) is 0.176. The van der Waals surface area contributed by atoms with Crippen molar-refractivity contribution in [3.8, 4) is 0 Å². The Morgan fingerprint density at radius 1 is 1.21 bits per heavy atom. The number of epoxide rings is 1. The molecule has 0 radical (unpaired) electrons. The van der Waals surface area contributed by atoms with E-state index in [-0.39, 0.29) is 12.0 Å². The molecule has 122 valence electrons. The molecule has 24 heavy (non-hydrogen) atoms. The molecule has 7 heteroatoms. The molecule has 1 fully saturated rings. The van der Waals surface area contributed by atoms with Gasteiger partial charge in [0.2, 0.25) is 0 Å². The Morgan fingerprint density at radius 2 is 2.04 bits per heavy atom. The minimum absolute atomic E-state index is 0.269. The third kappa shape index (κ3) is 2.48. The summed E-state index contributed by atoms with van der Waals surface area (Å²) in [6.45, 7) is 0. The number of nitrogens with one attached hydrogen (secondary N) is 1. The fourth-order valence-electron chi connectivity index (χ4n) is 3.01. The van der Waals surface area contributed by atoms with Gasteiger partial charge in [-0.15, -0.1) is 0 Å². The third-order valence-corrected chi connectivity index (χ3v) is 4.51. The van der Waals surface area contributed by atoms with Crippen LogP contribution in [-0.2, 0) is 16.8 Å². The standard InChI is InChI=1S/C17H12ClF2N3O/c18-13-4-2-1-3-11(13)16-17(24-16,8-15-21-9-22-23-15)12-6-5-10(19)7-14(12)20/h1-7,9,16H,8H2,(H,21,22,23)/t16-,17+/m0/s1. The molecule has 1 saturated heterocycles. The Hall–Kier alpha value is -2.31. The lowest BCUT2D eigenvalue weighted by Crippen LogP contribution is -2.17. The van der Waals surface area contributed by atoms with Crippen molar-refractivity contribution < 1.29 is 13.5 Å². The molecule has 0 spiro atoms. The highest BCUT2D eigenvalue weighted by atomic mass is 35.5. The molecule has 2 heterocycles. The predicted molar refractivity (Wildman–Crippen MR) is 83.4 cm³/mol. The first kappa shape index (κ1) is 15.2. The number of rotatable bonds is 4. The van der Waals surface area contributed by atoms with E-state index in [0.717, 1.165) is 11.6 Å². The van der Waals surface area contributed by atoms with Crippen LogP contribution in [-0.4, -0.2) is 15.2 Å². The highest BCUT2D eigenvalue weighted by molar-refractivity contribution is 6.31. The minimum atomic E-state index is -0.998. The van der Waals surface area contributed by atoms with Gasteiger partial charge in [0, 0.05) is 28.6 Å². The van der Waals surface area contributed by atoms with Crippen molar-refractivity contribution in [2.45, 2.75) is 18.1 Å². The molecule has 1 aromatic heterocycles. The predicted octanol–water partition coefficient (Wildman–Crippen LogP) is 3.95. The van der Waals surface area contributed by atoms with Crippen molar-refractivity contribution in [3.63, 3.8) is 0 Å². The van der Waals surface area contributed by atoms with Crippen LogP contribution < -0.4 is 0 Å². The summed E-state index contributed by atoms with van der Waals surface area (Å²) < 4.78 is 33.6. The highest BCUT2D eigenvalue weighted by Gasteiger charge is 2.60. The second-order valence-electron chi connectivity index (χ2n) is 5.64. The lowest BCUT2D eigenvalue weighted by Gasteiger charge is -2.14. The van der Waals surface area contributed by atoms with Crippen LogP contribution in [0.4, 0.5) is 8.78 Å². The molecule has 4 nitrogen and oxygen atoms in total. The van der Waals surface area contributed by atoms with Gasteiger partial charge < -0.3 is 4.74 Å². The van der Waals surface area contributed by atoms with Crippen LogP contribution in [0.1, 0.15) is 23.1 Å². The second-order valence-corrected chi connectivity index (χ2v) is 6.05. The maximum Gasteiger partial charge on any atom is 0.137 e. The lowest BCUT2D eigenvalue weighted by atomic mass is 9.88. The molecule has 3 aromatic rings. The Morgan fingerprint density at radius 3 is 2.75 bits per heavy atom. The van der Waals surface area contributed by atoms with Crippen LogP contribution in [0.3, 0.4) is 0 Å². The highest BCUT2D eigenvalue weighted by Crippen LogP contribution is 2.60. The second kappa shape index (κ2) is 5.65. The number of aromatic nitrogens is 3. The molecule has 1 N–H and O–H groups in total. The SMILES string of the molecule is Fc1ccc([C@@]2(Cc3ncn[nH]3)O[C@H]2c2ccccc2Cl)c(F)c1. The van der Waals surface area contributed by atoms with Crippen molar-refractivity contribution in [2.75, 3.05) is 0 Å². The molecular weight excluding hydrogens is 336 g/mol. The first-order chi connectivity index (χ1) is 11.6. The molecule has 0 saturated carbocycles. The van der Waals surface area contributed by atoms with E-state index in [2.05, 4.69) is 15.2 Å². The van der Waals surface area contributed by atoms with Gasteiger partial charge in [-0.2, -0.15) is 5.10 Å². The summed E-state index contributed by atoms with van der Waals surface area (Å²) in [6, 6.07) is 10.7. The molecule has 2 atom stereocenters. The van der Waals surface area contributed by atoms with Gasteiger partial charge in [0.05, 0.1) is 0 Å². The van der Waals surface area contributed by atoms with E-state index in [0.29, 0.717) is 10.8 Å². The van der Waals surface area contributed by atoms with E-state index in [9.17, 15) is 8.78 Å². The van der Waals surface area contributed by atoms with Gasteiger partial charge >= 0.3 is 0 Å². The molecule has 0 amide bonds. The van der Waals surface area contributed by atoms with Gasteiger partial charge in [-0.3, -0.25) is 5.10 Å². The summed E-state index contributed by atoms with van der Waals surface area (Å²) >= 11 is 6.25. The lowest BCUT2D eigenvalue weighted by molar-refractivity contribution is 0.285. The minimum Gasteiger partial charge on any atom is -0.355 e. The summed E-state index contributed by atoms with van der Waals surface area (Å²) in [6.07, 6.45) is 1.19. The largest absolute Gasteiger partial charge is 0.355 e. The van der Waals surface area contributed by atoms with Gasteiger partial charge in [-0.05, 0) is 12.1 Å². The number of hydrogen-bond donors (Lipinski definition) is 1. The molecule has 0 bridgehead atoms. The van der Waals surface area contributed by atoms with E-state index in [1.165, 1.54) is 18.5 Å². The zero-order valence-electron chi connectivity index (χ0n) is 12.3. The van der Waals surface area contributed by atoms with Gasteiger partial charge in [0.25, 0.3) is 0 Å². The monoisotopic (exact) mass is 347 g/mol. The Bertz CT molecular complexity index is 887. The maximum absolute atomic E-state index is 14.4. The van der Waals surface area contributed by atoms with Crippen LogP contribution in [0.25, 0.3) is 0 Å². The average Bonchev–Trinajstić information content (AvgIpc) is 3.01. The normalized spacial score (nSPS) is 22.5. The zero-order chi connectivity index (χ0) is 16.7. The molecular formula is C17H12ClF2N3O. The number of halogens is 3. The number of H-pyrrole nitrogens is 1. The average molecular weight is 348 g/mol. The molecule has 0 unspecified atom stereocenters. The van der Waals surface area contributed by atoms with Gasteiger partial charge in [0.15, 0.2) is 0 Å². The van der Waals surface area contributed by atoms with E-state index in [1.54, 1.807) is 6.07 Å². The Balaban J connectivity index is 1.79. The van der Waals surface area contributed by atoms with Crippen molar-refractivity contribution in [1.82, 2.24) is 15.2 Å². The number of nitrogens with zero attached hydrogens (tertiary/aromatic N) is 2. The Labute approximate surface area is 141 Å².